The maximum absolute atomic E-state index is 12.7. The van der Waals surface area contributed by atoms with E-state index in [1.807, 2.05) is 12.1 Å². The standard InChI is InChI=1S/C23H25F3O/c1-27-16-2-3-17-4-6-18(7-5-17)19-8-10-20(11-9-19)21-12-14-22(15-13-21)23(24,25)26/h2-3,8-15,17-18H,4-7,16H2,1H3/b3-2+. The SMILES string of the molecule is COC/C=C/C1CCC(c2ccc(-c3ccc(C(F)(F)F)cc3)cc2)CC1. The molecule has 0 spiro atoms. The number of allylic oxidation sites excluding steroid dienone is 1. The number of halogens is 3. The summed E-state index contributed by atoms with van der Waals surface area (Å²) in [6.07, 6.45) is 4.79. The van der Waals surface area contributed by atoms with Gasteiger partial charge in [-0.1, -0.05) is 48.6 Å². The van der Waals surface area contributed by atoms with Gasteiger partial charge in [0.15, 0.2) is 0 Å². The van der Waals surface area contributed by atoms with Crippen molar-refractivity contribution in [1.29, 1.82) is 0 Å². The fourth-order valence-corrected chi connectivity index (χ4v) is 3.79. The van der Waals surface area contributed by atoms with Crippen LogP contribution in [0.4, 0.5) is 13.2 Å². The molecule has 0 heterocycles. The fourth-order valence-electron chi connectivity index (χ4n) is 3.79. The monoisotopic (exact) mass is 374 g/mol. The second-order valence-corrected chi connectivity index (χ2v) is 7.19. The van der Waals surface area contributed by atoms with Crippen molar-refractivity contribution in [1.82, 2.24) is 0 Å². The largest absolute Gasteiger partial charge is 0.416 e. The van der Waals surface area contributed by atoms with E-state index in [1.165, 1.54) is 43.4 Å². The van der Waals surface area contributed by atoms with E-state index in [1.54, 1.807) is 7.11 Å². The van der Waals surface area contributed by atoms with Crippen LogP contribution in [0.15, 0.2) is 60.7 Å². The van der Waals surface area contributed by atoms with E-state index >= 15 is 0 Å². The summed E-state index contributed by atoms with van der Waals surface area (Å²) >= 11 is 0. The lowest BCUT2D eigenvalue weighted by atomic mass is 9.78. The third kappa shape index (κ3) is 5.23. The summed E-state index contributed by atoms with van der Waals surface area (Å²) in [6.45, 7) is 0.672. The van der Waals surface area contributed by atoms with Gasteiger partial charge in [-0.25, -0.2) is 0 Å². The van der Waals surface area contributed by atoms with Gasteiger partial charge in [-0.2, -0.15) is 13.2 Å². The Morgan fingerprint density at radius 3 is 1.96 bits per heavy atom. The minimum absolute atomic E-state index is 0.568. The smallest absolute Gasteiger partial charge is 0.381 e. The molecule has 2 aromatic carbocycles. The van der Waals surface area contributed by atoms with Crippen molar-refractivity contribution in [3.05, 3.63) is 71.8 Å². The van der Waals surface area contributed by atoms with Gasteiger partial charge < -0.3 is 4.74 Å². The Morgan fingerprint density at radius 2 is 1.44 bits per heavy atom. The van der Waals surface area contributed by atoms with Crippen molar-refractivity contribution >= 4 is 0 Å². The van der Waals surface area contributed by atoms with Crippen molar-refractivity contribution in [2.24, 2.45) is 5.92 Å². The molecule has 1 aliphatic carbocycles. The predicted octanol–water partition coefficient (Wildman–Crippen LogP) is 6.85. The van der Waals surface area contributed by atoms with Gasteiger partial charge in [-0.15, -0.1) is 0 Å². The molecule has 1 aliphatic rings. The molecule has 144 valence electrons. The Bertz CT molecular complexity index is 737. The average molecular weight is 374 g/mol. The number of benzene rings is 2. The molecule has 0 atom stereocenters. The Morgan fingerprint density at radius 1 is 0.889 bits per heavy atom. The van der Waals surface area contributed by atoms with Crippen LogP contribution >= 0.6 is 0 Å². The molecule has 0 N–H and O–H groups in total. The molecule has 0 bridgehead atoms. The first-order chi connectivity index (χ1) is 13.0. The first-order valence-corrected chi connectivity index (χ1v) is 9.40. The summed E-state index contributed by atoms with van der Waals surface area (Å²) in [5.41, 5.74) is 2.47. The third-order valence-corrected chi connectivity index (χ3v) is 5.37. The zero-order valence-electron chi connectivity index (χ0n) is 15.5. The second-order valence-electron chi connectivity index (χ2n) is 7.19. The van der Waals surface area contributed by atoms with Gasteiger partial charge in [-0.3, -0.25) is 0 Å². The first kappa shape index (κ1) is 19.7. The lowest BCUT2D eigenvalue weighted by Gasteiger charge is -2.27. The molecular formula is C23H25F3O. The van der Waals surface area contributed by atoms with Crippen molar-refractivity contribution in [2.45, 2.75) is 37.8 Å². The summed E-state index contributed by atoms with van der Waals surface area (Å²) < 4.78 is 43.1. The van der Waals surface area contributed by atoms with Crippen molar-refractivity contribution in [3.8, 4) is 11.1 Å². The zero-order chi connectivity index (χ0) is 19.3. The van der Waals surface area contributed by atoms with E-state index in [0.717, 1.165) is 23.3 Å². The van der Waals surface area contributed by atoms with E-state index in [-0.39, 0.29) is 0 Å². The molecule has 0 aliphatic heterocycles. The molecule has 0 unspecified atom stereocenters. The summed E-state index contributed by atoms with van der Waals surface area (Å²) in [4.78, 5) is 0. The highest BCUT2D eigenvalue weighted by Gasteiger charge is 2.30. The maximum atomic E-state index is 12.7. The number of hydrogen-bond donors (Lipinski definition) is 0. The summed E-state index contributed by atoms with van der Waals surface area (Å²) in [5.74, 6) is 1.21. The van der Waals surface area contributed by atoms with Crippen LogP contribution in [0.1, 0.15) is 42.7 Å². The molecule has 0 radical (unpaired) electrons. The van der Waals surface area contributed by atoms with E-state index in [9.17, 15) is 13.2 Å². The van der Waals surface area contributed by atoms with E-state index < -0.39 is 11.7 Å². The van der Waals surface area contributed by atoms with Crippen LogP contribution in [0.25, 0.3) is 11.1 Å². The highest BCUT2D eigenvalue weighted by atomic mass is 19.4. The minimum atomic E-state index is -4.29. The lowest BCUT2D eigenvalue weighted by Crippen LogP contribution is -2.11. The molecule has 0 saturated heterocycles. The molecule has 2 aromatic rings. The number of ether oxygens (including phenoxy) is 1. The maximum Gasteiger partial charge on any atom is 0.416 e. The van der Waals surface area contributed by atoms with Crippen molar-refractivity contribution in [3.63, 3.8) is 0 Å². The Labute approximate surface area is 158 Å². The number of rotatable bonds is 5. The minimum Gasteiger partial charge on any atom is -0.381 e. The molecule has 1 nitrogen and oxygen atoms in total. The van der Waals surface area contributed by atoms with Crippen LogP contribution in [-0.4, -0.2) is 13.7 Å². The second kappa shape index (κ2) is 8.75. The van der Waals surface area contributed by atoms with Crippen LogP contribution in [0.5, 0.6) is 0 Å². The number of alkyl halides is 3. The van der Waals surface area contributed by atoms with Crippen LogP contribution in [0.3, 0.4) is 0 Å². The zero-order valence-corrected chi connectivity index (χ0v) is 15.5. The molecule has 4 heteroatoms. The highest BCUT2D eigenvalue weighted by Crippen LogP contribution is 2.37. The van der Waals surface area contributed by atoms with Crippen molar-refractivity contribution in [2.75, 3.05) is 13.7 Å². The van der Waals surface area contributed by atoms with Gasteiger partial charge in [0.2, 0.25) is 0 Å². The van der Waals surface area contributed by atoms with Gasteiger partial charge in [0.1, 0.15) is 0 Å². The summed E-state index contributed by atoms with van der Waals surface area (Å²) in [6, 6.07) is 13.6. The molecule has 0 amide bonds. The van der Waals surface area contributed by atoms with Crippen molar-refractivity contribution < 1.29 is 17.9 Å². The molecule has 1 saturated carbocycles. The van der Waals surface area contributed by atoms with Gasteiger partial charge >= 0.3 is 6.18 Å². The highest BCUT2D eigenvalue weighted by molar-refractivity contribution is 5.64. The Hall–Kier alpha value is -2.07. The molecule has 3 rings (SSSR count). The average Bonchev–Trinajstić information content (AvgIpc) is 2.68. The molecule has 0 aromatic heterocycles. The summed E-state index contributed by atoms with van der Waals surface area (Å²) in [7, 11) is 1.70. The first-order valence-electron chi connectivity index (χ1n) is 9.40. The molecular weight excluding hydrogens is 349 g/mol. The third-order valence-electron chi connectivity index (χ3n) is 5.37. The number of methoxy groups -OCH3 is 1. The van der Waals surface area contributed by atoms with E-state index in [2.05, 4.69) is 24.3 Å². The quantitative estimate of drug-likeness (QED) is 0.520. The normalized spacial score (nSPS) is 20.9. The van der Waals surface area contributed by atoms with Gasteiger partial charge in [0, 0.05) is 7.11 Å². The van der Waals surface area contributed by atoms with Gasteiger partial charge in [-0.05, 0) is 66.3 Å². The molecule has 27 heavy (non-hydrogen) atoms. The van der Waals surface area contributed by atoms with E-state index in [0.29, 0.717) is 18.4 Å². The lowest BCUT2D eigenvalue weighted by molar-refractivity contribution is -0.137. The van der Waals surface area contributed by atoms with Crippen LogP contribution in [-0.2, 0) is 10.9 Å². The van der Waals surface area contributed by atoms with Gasteiger partial charge in [0.25, 0.3) is 0 Å². The topological polar surface area (TPSA) is 9.23 Å². The molecule has 1 fully saturated rings. The Balaban J connectivity index is 1.61. The number of hydrogen-bond acceptors (Lipinski definition) is 1. The van der Waals surface area contributed by atoms with Crippen LogP contribution in [0.2, 0.25) is 0 Å². The fraction of sp³-hybridized carbons (Fsp3) is 0.391. The summed E-state index contributed by atoms with van der Waals surface area (Å²) in [5, 5.41) is 0. The van der Waals surface area contributed by atoms with E-state index in [4.69, 9.17) is 4.74 Å². The van der Waals surface area contributed by atoms with Gasteiger partial charge in [0.05, 0.1) is 12.2 Å². The predicted molar refractivity (Wildman–Crippen MR) is 103 cm³/mol. The van der Waals surface area contributed by atoms with Crippen LogP contribution in [0, 0.1) is 5.92 Å². The Kier molecular flexibility index (Phi) is 6.38. The van der Waals surface area contributed by atoms with Crippen LogP contribution < -0.4 is 0 Å².